The molecule has 0 aliphatic rings. The molecular formula is C13H12ClN3. The lowest BCUT2D eigenvalue weighted by molar-refractivity contribution is 0.744. The summed E-state index contributed by atoms with van der Waals surface area (Å²) in [6, 6.07) is 8.05. The molecule has 0 aliphatic carbocycles. The van der Waals surface area contributed by atoms with E-state index in [9.17, 15) is 0 Å². The average Bonchev–Trinajstić information content (AvgIpc) is 2.88. The van der Waals surface area contributed by atoms with Crippen LogP contribution in [0.4, 0.5) is 0 Å². The largest absolute Gasteiger partial charge is 0.341 e. The summed E-state index contributed by atoms with van der Waals surface area (Å²) < 4.78 is 4.20. The van der Waals surface area contributed by atoms with Gasteiger partial charge >= 0.3 is 0 Å². The predicted molar refractivity (Wildman–Crippen MR) is 69.3 cm³/mol. The van der Waals surface area contributed by atoms with Crippen molar-refractivity contribution in [3.8, 4) is 0 Å². The van der Waals surface area contributed by atoms with Crippen LogP contribution in [0.3, 0.4) is 0 Å². The molecule has 0 N–H and O–H groups in total. The first-order valence-corrected chi connectivity index (χ1v) is 5.81. The third-order valence-corrected chi connectivity index (χ3v) is 3.22. The van der Waals surface area contributed by atoms with Crippen LogP contribution in [0.2, 0.25) is 5.02 Å². The Hall–Kier alpha value is -1.74. The van der Waals surface area contributed by atoms with E-state index in [-0.39, 0.29) is 0 Å². The summed E-state index contributed by atoms with van der Waals surface area (Å²) in [4.78, 5) is 4.12. The maximum atomic E-state index is 6.03. The number of hydrogen-bond acceptors (Lipinski definition) is 1. The van der Waals surface area contributed by atoms with Crippen LogP contribution in [-0.4, -0.2) is 14.1 Å². The van der Waals surface area contributed by atoms with Crippen molar-refractivity contribution < 1.29 is 0 Å². The molecule has 3 aromatic rings. The highest BCUT2D eigenvalue weighted by Crippen LogP contribution is 2.21. The maximum absolute atomic E-state index is 6.03. The summed E-state index contributed by atoms with van der Waals surface area (Å²) in [7, 11) is 2.00. The summed E-state index contributed by atoms with van der Waals surface area (Å²) in [5.74, 6) is 0. The van der Waals surface area contributed by atoms with E-state index in [0.717, 1.165) is 17.1 Å². The topological polar surface area (TPSA) is 22.8 Å². The van der Waals surface area contributed by atoms with Crippen LogP contribution in [0, 0.1) is 0 Å². The van der Waals surface area contributed by atoms with Gasteiger partial charge < -0.3 is 9.13 Å². The van der Waals surface area contributed by atoms with Crippen LogP contribution in [0.25, 0.3) is 10.9 Å². The molecule has 0 bridgehead atoms. The molecule has 1 aromatic carbocycles. The minimum atomic E-state index is 0.766. The smallest absolute Gasteiger partial charge is 0.0946 e. The van der Waals surface area contributed by atoms with E-state index < -0.39 is 0 Å². The fourth-order valence-corrected chi connectivity index (χ4v) is 2.17. The van der Waals surface area contributed by atoms with E-state index >= 15 is 0 Å². The molecule has 17 heavy (non-hydrogen) atoms. The van der Waals surface area contributed by atoms with Crippen LogP contribution in [0.5, 0.6) is 0 Å². The molecule has 2 heterocycles. The van der Waals surface area contributed by atoms with Crippen LogP contribution in [0.1, 0.15) is 5.69 Å². The van der Waals surface area contributed by atoms with Crippen molar-refractivity contribution in [3.63, 3.8) is 0 Å². The highest BCUT2D eigenvalue weighted by molar-refractivity contribution is 6.31. The Bertz CT molecular complexity index is 666. The molecule has 3 nitrogen and oxygen atoms in total. The second-order valence-corrected chi connectivity index (χ2v) is 4.58. The van der Waals surface area contributed by atoms with Gasteiger partial charge in [-0.15, -0.1) is 0 Å². The van der Waals surface area contributed by atoms with Gasteiger partial charge in [0.25, 0.3) is 0 Å². The molecule has 0 radical (unpaired) electrons. The summed E-state index contributed by atoms with van der Waals surface area (Å²) >= 11 is 6.03. The molecule has 86 valence electrons. The standard InChI is InChI=1S/C13H12ClN3/c1-16-9-15-7-12(16)8-17-5-4-10-2-3-11(14)6-13(10)17/h2-7,9H,8H2,1H3. The van der Waals surface area contributed by atoms with Crippen LogP contribution >= 0.6 is 11.6 Å². The summed E-state index contributed by atoms with van der Waals surface area (Å²) in [5, 5.41) is 1.97. The molecule has 0 aliphatic heterocycles. The zero-order valence-electron chi connectivity index (χ0n) is 9.47. The second-order valence-electron chi connectivity index (χ2n) is 4.14. The zero-order chi connectivity index (χ0) is 11.8. The minimum Gasteiger partial charge on any atom is -0.341 e. The van der Waals surface area contributed by atoms with Gasteiger partial charge in [0.05, 0.1) is 18.6 Å². The molecule has 0 saturated carbocycles. The first kappa shape index (κ1) is 10.4. The van der Waals surface area contributed by atoms with Gasteiger partial charge in [0, 0.05) is 30.0 Å². The maximum Gasteiger partial charge on any atom is 0.0946 e. The Labute approximate surface area is 104 Å². The molecule has 0 saturated heterocycles. The van der Waals surface area contributed by atoms with E-state index in [1.54, 1.807) is 0 Å². The monoisotopic (exact) mass is 245 g/mol. The van der Waals surface area contributed by atoms with Crippen LogP contribution < -0.4 is 0 Å². The molecule has 0 spiro atoms. The molecule has 2 aromatic heterocycles. The lowest BCUT2D eigenvalue weighted by Crippen LogP contribution is -2.02. The molecular weight excluding hydrogens is 234 g/mol. The first-order valence-electron chi connectivity index (χ1n) is 5.43. The number of aryl methyl sites for hydroxylation is 1. The number of aromatic nitrogens is 3. The fourth-order valence-electron chi connectivity index (χ4n) is 2.01. The lowest BCUT2D eigenvalue weighted by Gasteiger charge is -2.06. The molecule has 4 heteroatoms. The van der Waals surface area contributed by atoms with Crippen molar-refractivity contribution >= 4 is 22.5 Å². The lowest BCUT2D eigenvalue weighted by atomic mass is 10.2. The van der Waals surface area contributed by atoms with E-state index in [4.69, 9.17) is 11.6 Å². The summed E-state index contributed by atoms with van der Waals surface area (Å²) in [6.45, 7) is 0.806. The fraction of sp³-hybridized carbons (Fsp3) is 0.154. The van der Waals surface area contributed by atoms with E-state index in [2.05, 4.69) is 21.8 Å². The van der Waals surface area contributed by atoms with Gasteiger partial charge in [-0.25, -0.2) is 4.98 Å². The number of nitrogens with zero attached hydrogens (tertiary/aromatic N) is 3. The third kappa shape index (κ3) is 1.83. The normalized spacial score (nSPS) is 11.2. The van der Waals surface area contributed by atoms with Crippen molar-refractivity contribution in [1.82, 2.24) is 14.1 Å². The number of benzene rings is 1. The quantitative estimate of drug-likeness (QED) is 0.680. The molecule has 0 amide bonds. The van der Waals surface area contributed by atoms with Crippen molar-refractivity contribution in [3.05, 3.63) is 53.7 Å². The van der Waals surface area contributed by atoms with Crippen LogP contribution in [-0.2, 0) is 13.6 Å². The summed E-state index contributed by atoms with van der Waals surface area (Å²) in [6.07, 6.45) is 5.78. The Kier molecular flexibility index (Phi) is 2.41. The molecule has 0 unspecified atom stereocenters. The first-order chi connectivity index (χ1) is 8.24. The Balaban J connectivity index is 2.06. The van der Waals surface area contributed by atoms with E-state index in [0.29, 0.717) is 0 Å². The van der Waals surface area contributed by atoms with E-state index in [1.165, 1.54) is 11.1 Å². The number of fused-ring (bicyclic) bond motifs is 1. The van der Waals surface area contributed by atoms with Crippen LogP contribution in [0.15, 0.2) is 43.0 Å². The van der Waals surface area contributed by atoms with Gasteiger partial charge in [0.1, 0.15) is 0 Å². The predicted octanol–water partition coefficient (Wildman–Crippen LogP) is 3.08. The molecule has 0 fully saturated rings. The Morgan fingerprint density at radius 1 is 1.29 bits per heavy atom. The minimum absolute atomic E-state index is 0.766. The van der Waals surface area contributed by atoms with Gasteiger partial charge in [-0.05, 0) is 23.6 Å². The molecule has 3 rings (SSSR count). The van der Waals surface area contributed by atoms with Gasteiger partial charge in [-0.2, -0.15) is 0 Å². The average molecular weight is 246 g/mol. The number of rotatable bonds is 2. The number of hydrogen-bond donors (Lipinski definition) is 0. The highest BCUT2D eigenvalue weighted by Gasteiger charge is 2.04. The van der Waals surface area contributed by atoms with Gasteiger partial charge in [-0.3, -0.25) is 0 Å². The summed E-state index contributed by atoms with van der Waals surface area (Å²) in [5.41, 5.74) is 2.32. The highest BCUT2D eigenvalue weighted by atomic mass is 35.5. The van der Waals surface area contributed by atoms with Gasteiger partial charge in [0.2, 0.25) is 0 Å². The van der Waals surface area contributed by atoms with Crippen molar-refractivity contribution in [2.24, 2.45) is 7.05 Å². The molecule has 0 atom stereocenters. The van der Waals surface area contributed by atoms with E-state index in [1.807, 2.05) is 42.3 Å². The van der Waals surface area contributed by atoms with Crippen molar-refractivity contribution in [2.75, 3.05) is 0 Å². The second kappa shape index (κ2) is 3.93. The number of halogens is 1. The number of imidazole rings is 1. The Morgan fingerprint density at radius 2 is 2.18 bits per heavy atom. The Morgan fingerprint density at radius 3 is 2.94 bits per heavy atom. The third-order valence-electron chi connectivity index (χ3n) is 2.98. The van der Waals surface area contributed by atoms with Crippen molar-refractivity contribution in [1.29, 1.82) is 0 Å². The van der Waals surface area contributed by atoms with Gasteiger partial charge in [0.15, 0.2) is 0 Å². The zero-order valence-corrected chi connectivity index (χ0v) is 10.2. The SMILES string of the molecule is Cn1cncc1Cn1ccc2ccc(Cl)cc21. The van der Waals surface area contributed by atoms with Gasteiger partial charge in [-0.1, -0.05) is 17.7 Å². The van der Waals surface area contributed by atoms with Crippen molar-refractivity contribution in [2.45, 2.75) is 6.54 Å².